The van der Waals surface area contributed by atoms with Gasteiger partial charge in [-0.1, -0.05) is 12.1 Å². The molecule has 0 aliphatic heterocycles. The first-order chi connectivity index (χ1) is 10.6. The van der Waals surface area contributed by atoms with Gasteiger partial charge in [0.2, 0.25) is 5.13 Å². The molecule has 0 aliphatic carbocycles. The van der Waals surface area contributed by atoms with Crippen LogP contribution in [0.4, 0.5) is 5.13 Å². The van der Waals surface area contributed by atoms with Gasteiger partial charge in [-0.15, -0.1) is 11.3 Å². The zero-order valence-corrected chi connectivity index (χ0v) is 13.0. The van der Waals surface area contributed by atoms with E-state index >= 15 is 0 Å². The maximum Gasteiger partial charge on any atom is 0.354 e. The van der Waals surface area contributed by atoms with E-state index in [0.29, 0.717) is 17.3 Å². The summed E-state index contributed by atoms with van der Waals surface area (Å²) in [6.07, 6.45) is 0. The third-order valence-electron chi connectivity index (χ3n) is 2.70. The van der Waals surface area contributed by atoms with E-state index in [2.05, 4.69) is 21.6 Å². The maximum absolute atomic E-state index is 11.4. The Bertz CT molecular complexity index is 729. The van der Waals surface area contributed by atoms with Crippen molar-refractivity contribution >= 4 is 28.1 Å². The lowest BCUT2D eigenvalue weighted by Gasteiger charge is -2.00. The Labute approximate surface area is 132 Å². The molecule has 0 saturated heterocycles. The minimum absolute atomic E-state index is 0.233. The molecule has 112 valence electrons. The van der Waals surface area contributed by atoms with Crippen LogP contribution in [0.15, 0.2) is 34.7 Å². The van der Waals surface area contributed by atoms with Crippen molar-refractivity contribution in [3.63, 3.8) is 0 Å². The number of hydrogen-bond donors (Lipinski definition) is 1. The smallest absolute Gasteiger partial charge is 0.354 e. The second-order valence-electron chi connectivity index (χ2n) is 4.26. The highest BCUT2D eigenvalue weighted by Crippen LogP contribution is 2.25. The number of carbonyl (C=O) groups is 1. The number of hydrazone groups is 1. The average molecular weight is 314 g/mol. The Morgan fingerprint density at radius 3 is 2.82 bits per heavy atom. The molecule has 22 heavy (non-hydrogen) atoms. The largest absolute Gasteiger partial charge is 0.461 e. The summed E-state index contributed by atoms with van der Waals surface area (Å²) >= 11 is 1.37. The van der Waals surface area contributed by atoms with Crippen LogP contribution < -0.4 is 5.43 Å². The molecular weight excluding hydrogens is 300 g/mol. The summed E-state index contributed by atoms with van der Waals surface area (Å²) in [7, 11) is 0. The number of benzene rings is 1. The quantitative estimate of drug-likeness (QED) is 0.520. The van der Waals surface area contributed by atoms with E-state index in [4.69, 9.17) is 10.00 Å². The summed E-state index contributed by atoms with van der Waals surface area (Å²) in [6.45, 7) is 3.62. The summed E-state index contributed by atoms with van der Waals surface area (Å²) in [5.74, 6) is -0.459. The van der Waals surface area contributed by atoms with Gasteiger partial charge in [0.05, 0.1) is 23.9 Å². The molecule has 2 aromatic rings. The van der Waals surface area contributed by atoms with Gasteiger partial charge in [0.1, 0.15) is 5.71 Å². The van der Waals surface area contributed by atoms with Crippen LogP contribution in [0.1, 0.15) is 19.4 Å². The minimum atomic E-state index is -0.459. The van der Waals surface area contributed by atoms with Crippen molar-refractivity contribution < 1.29 is 9.53 Å². The number of aromatic nitrogens is 1. The molecule has 0 amide bonds. The Hall–Kier alpha value is -2.72. The van der Waals surface area contributed by atoms with Crippen molar-refractivity contribution in [3.8, 4) is 17.3 Å². The maximum atomic E-state index is 11.4. The lowest BCUT2D eigenvalue weighted by molar-refractivity contribution is -0.135. The number of rotatable bonds is 5. The Balaban J connectivity index is 2.06. The summed E-state index contributed by atoms with van der Waals surface area (Å²) in [5.41, 5.74) is 5.27. The zero-order valence-electron chi connectivity index (χ0n) is 12.2. The number of hydrogen-bond acceptors (Lipinski definition) is 7. The minimum Gasteiger partial charge on any atom is -0.461 e. The zero-order chi connectivity index (χ0) is 15.9. The third kappa shape index (κ3) is 3.90. The second-order valence-corrected chi connectivity index (χ2v) is 5.11. The van der Waals surface area contributed by atoms with Gasteiger partial charge in [-0.25, -0.2) is 9.78 Å². The van der Waals surface area contributed by atoms with Crippen molar-refractivity contribution in [2.75, 3.05) is 12.0 Å². The SMILES string of the molecule is CCOC(=O)/C(C)=N/Nc1nc(-c2ccc(C#N)cc2)cs1. The first-order valence-electron chi connectivity index (χ1n) is 6.57. The van der Waals surface area contributed by atoms with Crippen molar-refractivity contribution in [2.45, 2.75) is 13.8 Å². The van der Waals surface area contributed by atoms with E-state index in [1.54, 1.807) is 26.0 Å². The van der Waals surface area contributed by atoms with Crippen LogP contribution in [0.2, 0.25) is 0 Å². The van der Waals surface area contributed by atoms with Gasteiger partial charge >= 0.3 is 5.97 Å². The van der Waals surface area contributed by atoms with Gasteiger partial charge in [0.25, 0.3) is 0 Å². The molecule has 6 nitrogen and oxygen atoms in total. The van der Waals surface area contributed by atoms with Crippen LogP contribution in [-0.4, -0.2) is 23.3 Å². The molecule has 7 heteroatoms. The number of anilines is 1. The highest BCUT2D eigenvalue weighted by molar-refractivity contribution is 7.14. The number of ether oxygens (including phenoxy) is 1. The van der Waals surface area contributed by atoms with Crippen LogP contribution in [0, 0.1) is 11.3 Å². The Morgan fingerprint density at radius 2 is 2.18 bits per heavy atom. The van der Waals surface area contributed by atoms with E-state index in [1.165, 1.54) is 11.3 Å². The summed E-state index contributed by atoms with van der Waals surface area (Å²) in [6, 6.07) is 9.23. The monoisotopic (exact) mass is 314 g/mol. The first-order valence-corrected chi connectivity index (χ1v) is 7.45. The normalized spacial score (nSPS) is 10.9. The molecule has 1 aromatic heterocycles. The molecule has 1 N–H and O–H groups in total. The summed E-state index contributed by atoms with van der Waals surface area (Å²) in [4.78, 5) is 15.8. The number of nitriles is 1. The highest BCUT2D eigenvalue weighted by atomic mass is 32.1. The lowest BCUT2D eigenvalue weighted by atomic mass is 10.1. The average Bonchev–Trinajstić information content (AvgIpc) is 3.02. The lowest BCUT2D eigenvalue weighted by Crippen LogP contribution is -2.15. The topological polar surface area (TPSA) is 87.4 Å². The molecule has 0 saturated carbocycles. The van der Waals surface area contributed by atoms with Gasteiger partial charge in [0, 0.05) is 10.9 Å². The highest BCUT2D eigenvalue weighted by Gasteiger charge is 2.08. The Kier molecular flexibility index (Phi) is 5.22. The van der Waals surface area contributed by atoms with E-state index in [0.717, 1.165) is 11.3 Å². The van der Waals surface area contributed by atoms with Crippen LogP contribution in [0.5, 0.6) is 0 Å². The van der Waals surface area contributed by atoms with Crippen molar-refractivity contribution in [1.29, 1.82) is 5.26 Å². The van der Waals surface area contributed by atoms with Crippen LogP contribution in [-0.2, 0) is 9.53 Å². The standard InChI is InChI=1S/C15H14N4O2S/c1-3-21-14(20)10(2)18-19-15-17-13(9-22-15)12-6-4-11(8-16)5-7-12/h4-7,9H,3H2,1-2H3,(H,17,19)/b18-10+. The molecule has 0 spiro atoms. The number of nitrogens with zero attached hydrogens (tertiary/aromatic N) is 3. The van der Waals surface area contributed by atoms with Crippen molar-refractivity contribution in [3.05, 3.63) is 35.2 Å². The van der Waals surface area contributed by atoms with Crippen molar-refractivity contribution in [1.82, 2.24) is 4.98 Å². The molecule has 0 atom stereocenters. The van der Waals surface area contributed by atoms with E-state index < -0.39 is 5.97 Å². The van der Waals surface area contributed by atoms with Gasteiger partial charge in [-0.2, -0.15) is 10.4 Å². The molecule has 1 heterocycles. The summed E-state index contributed by atoms with van der Waals surface area (Å²) in [5, 5.41) is 15.2. The van der Waals surface area contributed by atoms with Gasteiger partial charge in [-0.3, -0.25) is 5.43 Å². The fourth-order valence-electron chi connectivity index (χ4n) is 1.59. The molecule has 0 fully saturated rings. The Morgan fingerprint density at radius 1 is 1.45 bits per heavy atom. The summed E-state index contributed by atoms with van der Waals surface area (Å²) < 4.78 is 4.84. The van der Waals surface area contributed by atoms with E-state index in [-0.39, 0.29) is 5.71 Å². The first kappa shape index (κ1) is 15.7. The van der Waals surface area contributed by atoms with Crippen LogP contribution in [0.25, 0.3) is 11.3 Å². The molecule has 0 bridgehead atoms. The van der Waals surface area contributed by atoms with Crippen LogP contribution >= 0.6 is 11.3 Å². The fraction of sp³-hybridized carbons (Fsp3) is 0.200. The van der Waals surface area contributed by atoms with E-state index in [9.17, 15) is 4.79 Å². The predicted octanol–water partition coefficient (Wildman–Crippen LogP) is 3.03. The van der Waals surface area contributed by atoms with Gasteiger partial charge < -0.3 is 4.74 Å². The molecule has 0 radical (unpaired) electrons. The number of nitrogens with one attached hydrogen (secondary N) is 1. The molecule has 2 rings (SSSR count). The van der Waals surface area contributed by atoms with Crippen molar-refractivity contribution in [2.24, 2.45) is 5.10 Å². The second kappa shape index (κ2) is 7.33. The molecule has 0 unspecified atom stereocenters. The molecule has 1 aromatic carbocycles. The van der Waals surface area contributed by atoms with E-state index in [1.807, 2.05) is 17.5 Å². The third-order valence-corrected chi connectivity index (χ3v) is 3.45. The number of esters is 1. The number of thiazole rings is 1. The fourth-order valence-corrected chi connectivity index (χ4v) is 2.25. The number of carbonyl (C=O) groups excluding carboxylic acids is 1. The van der Waals surface area contributed by atoms with Gasteiger partial charge in [-0.05, 0) is 26.0 Å². The van der Waals surface area contributed by atoms with Gasteiger partial charge in [0.15, 0.2) is 0 Å². The predicted molar refractivity (Wildman–Crippen MR) is 85.6 cm³/mol. The molecular formula is C15H14N4O2S. The van der Waals surface area contributed by atoms with Crippen LogP contribution in [0.3, 0.4) is 0 Å². The molecule has 0 aliphatic rings.